The van der Waals surface area contributed by atoms with E-state index in [2.05, 4.69) is 6.07 Å². The number of hydrogen-bond donors (Lipinski definition) is 0. The standard InChI is InChI=1S/C20H21ClN4O2/c1-19(2,3)27-18(26)24-11-16-15(10-22)17(13-5-4-6-14(21)9-13)23-25(16)20(12-24)7-8-20/h4-6,9H,7-8,11-12H2,1-3H3. The Morgan fingerprint density at radius 3 is 2.70 bits per heavy atom. The second-order valence-electron chi connectivity index (χ2n) is 8.27. The smallest absolute Gasteiger partial charge is 0.410 e. The van der Waals surface area contributed by atoms with Crippen LogP contribution in [-0.4, -0.2) is 32.9 Å². The first kappa shape index (κ1) is 17.9. The predicted octanol–water partition coefficient (Wildman–Crippen LogP) is 4.31. The molecule has 0 unspecified atom stereocenters. The van der Waals surface area contributed by atoms with Gasteiger partial charge >= 0.3 is 6.09 Å². The molecule has 1 aliphatic heterocycles. The van der Waals surface area contributed by atoms with E-state index in [1.807, 2.05) is 43.7 Å². The Morgan fingerprint density at radius 2 is 2.11 bits per heavy atom. The summed E-state index contributed by atoms with van der Waals surface area (Å²) in [5.74, 6) is 0. The predicted molar refractivity (Wildman–Crippen MR) is 101 cm³/mol. The van der Waals surface area contributed by atoms with Crippen LogP contribution in [0.5, 0.6) is 0 Å². The van der Waals surface area contributed by atoms with Crippen molar-refractivity contribution in [3.63, 3.8) is 0 Å². The van der Waals surface area contributed by atoms with Gasteiger partial charge in [0.15, 0.2) is 0 Å². The van der Waals surface area contributed by atoms with Gasteiger partial charge < -0.3 is 4.74 Å². The monoisotopic (exact) mass is 384 g/mol. The molecule has 1 aliphatic carbocycles. The van der Waals surface area contributed by atoms with Crippen LogP contribution < -0.4 is 0 Å². The number of halogens is 1. The summed E-state index contributed by atoms with van der Waals surface area (Å²) in [5, 5.41) is 15.2. The molecule has 0 bridgehead atoms. The molecule has 7 heteroatoms. The molecule has 1 aromatic carbocycles. The van der Waals surface area contributed by atoms with E-state index in [1.54, 1.807) is 11.0 Å². The van der Waals surface area contributed by atoms with Crippen molar-refractivity contribution in [1.82, 2.24) is 14.7 Å². The van der Waals surface area contributed by atoms with E-state index < -0.39 is 5.60 Å². The van der Waals surface area contributed by atoms with Crippen LogP contribution in [0.15, 0.2) is 24.3 Å². The Balaban J connectivity index is 1.76. The fourth-order valence-electron chi connectivity index (χ4n) is 3.58. The van der Waals surface area contributed by atoms with Crippen LogP contribution in [-0.2, 0) is 16.8 Å². The zero-order valence-electron chi connectivity index (χ0n) is 15.6. The number of hydrogen-bond acceptors (Lipinski definition) is 4. The number of benzene rings is 1. The van der Waals surface area contributed by atoms with Crippen molar-refractivity contribution in [3.8, 4) is 17.3 Å². The minimum atomic E-state index is -0.560. The molecule has 2 aliphatic rings. The van der Waals surface area contributed by atoms with Crippen LogP contribution in [0.1, 0.15) is 44.9 Å². The van der Waals surface area contributed by atoms with Gasteiger partial charge in [-0.2, -0.15) is 10.4 Å². The van der Waals surface area contributed by atoms with Crippen LogP contribution in [0.3, 0.4) is 0 Å². The first-order valence-electron chi connectivity index (χ1n) is 8.99. The molecule has 1 spiro atoms. The van der Waals surface area contributed by atoms with Gasteiger partial charge in [-0.25, -0.2) is 4.79 Å². The molecule has 1 fully saturated rings. The van der Waals surface area contributed by atoms with Crippen molar-refractivity contribution in [2.75, 3.05) is 6.54 Å². The lowest BCUT2D eigenvalue weighted by Crippen LogP contribution is -2.47. The van der Waals surface area contributed by atoms with Crippen molar-refractivity contribution in [2.24, 2.45) is 0 Å². The van der Waals surface area contributed by atoms with Gasteiger partial charge in [0.1, 0.15) is 22.9 Å². The molecule has 1 saturated carbocycles. The number of aromatic nitrogens is 2. The van der Waals surface area contributed by atoms with Crippen LogP contribution in [0.25, 0.3) is 11.3 Å². The van der Waals surface area contributed by atoms with E-state index >= 15 is 0 Å². The minimum Gasteiger partial charge on any atom is -0.444 e. The van der Waals surface area contributed by atoms with Gasteiger partial charge in [-0.3, -0.25) is 9.58 Å². The van der Waals surface area contributed by atoms with Crippen LogP contribution >= 0.6 is 11.6 Å². The maximum absolute atomic E-state index is 12.6. The number of nitrogens with zero attached hydrogens (tertiary/aromatic N) is 4. The van der Waals surface area contributed by atoms with Gasteiger partial charge in [-0.1, -0.05) is 23.7 Å². The topological polar surface area (TPSA) is 71.2 Å². The number of carbonyl (C=O) groups is 1. The van der Waals surface area contributed by atoms with Gasteiger partial charge in [0, 0.05) is 17.1 Å². The minimum absolute atomic E-state index is 0.229. The zero-order valence-corrected chi connectivity index (χ0v) is 16.4. The maximum atomic E-state index is 12.6. The normalized spacial score (nSPS) is 17.4. The summed E-state index contributed by atoms with van der Waals surface area (Å²) in [7, 11) is 0. The average Bonchev–Trinajstić information content (AvgIpc) is 3.23. The summed E-state index contributed by atoms with van der Waals surface area (Å²) >= 11 is 6.12. The molecular weight excluding hydrogens is 364 g/mol. The van der Waals surface area contributed by atoms with Crippen molar-refractivity contribution in [2.45, 2.75) is 51.3 Å². The van der Waals surface area contributed by atoms with E-state index in [-0.39, 0.29) is 11.6 Å². The highest BCUT2D eigenvalue weighted by Gasteiger charge is 2.52. The Morgan fingerprint density at radius 1 is 1.37 bits per heavy atom. The number of rotatable bonds is 1. The third kappa shape index (κ3) is 3.17. The lowest BCUT2D eigenvalue weighted by molar-refractivity contribution is 0.0142. The maximum Gasteiger partial charge on any atom is 0.410 e. The average molecular weight is 385 g/mol. The Labute approximate surface area is 163 Å². The van der Waals surface area contributed by atoms with E-state index in [4.69, 9.17) is 21.4 Å². The van der Waals surface area contributed by atoms with Crippen LogP contribution in [0.2, 0.25) is 5.02 Å². The summed E-state index contributed by atoms with van der Waals surface area (Å²) in [4.78, 5) is 14.3. The molecule has 0 atom stereocenters. The third-order valence-corrected chi connectivity index (χ3v) is 5.18. The quantitative estimate of drug-likeness (QED) is 0.734. The Bertz CT molecular complexity index is 963. The van der Waals surface area contributed by atoms with E-state index in [1.165, 1.54) is 0 Å². The van der Waals surface area contributed by atoms with Crippen LogP contribution in [0.4, 0.5) is 4.79 Å². The fourth-order valence-corrected chi connectivity index (χ4v) is 3.77. The van der Waals surface area contributed by atoms with E-state index in [9.17, 15) is 10.1 Å². The first-order chi connectivity index (χ1) is 12.7. The third-order valence-electron chi connectivity index (χ3n) is 4.94. The SMILES string of the molecule is CC(C)(C)OC(=O)N1Cc2c(C#N)c(-c3cccc(Cl)c3)nn2C2(CC2)C1. The molecule has 0 N–H and O–H groups in total. The summed E-state index contributed by atoms with van der Waals surface area (Å²) < 4.78 is 7.51. The van der Waals surface area contributed by atoms with E-state index in [0.717, 1.165) is 24.1 Å². The molecule has 2 aromatic rings. The lowest BCUT2D eigenvalue weighted by Gasteiger charge is -2.35. The zero-order chi connectivity index (χ0) is 19.4. The van der Waals surface area contributed by atoms with E-state index in [0.29, 0.717) is 29.4 Å². The van der Waals surface area contributed by atoms with Gasteiger partial charge in [-0.15, -0.1) is 0 Å². The number of fused-ring (bicyclic) bond motifs is 2. The molecule has 140 valence electrons. The second-order valence-corrected chi connectivity index (χ2v) is 8.70. The summed E-state index contributed by atoms with van der Waals surface area (Å²) in [6.45, 7) is 6.42. The second kappa shape index (κ2) is 6.00. The summed E-state index contributed by atoms with van der Waals surface area (Å²) in [6, 6.07) is 9.63. The molecule has 6 nitrogen and oxygen atoms in total. The highest BCUT2D eigenvalue weighted by Crippen LogP contribution is 2.49. The summed E-state index contributed by atoms with van der Waals surface area (Å²) in [6.07, 6.45) is 1.51. The largest absolute Gasteiger partial charge is 0.444 e. The molecule has 0 radical (unpaired) electrons. The number of ether oxygens (including phenoxy) is 1. The number of nitriles is 1. The molecule has 1 amide bonds. The first-order valence-corrected chi connectivity index (χ1v) is 9.37. The lowest BCUT2D eigenvalue weighted by atomic mass is 10.0. The number of amides is 1. The highest BCUT2D eigenvalue weighted by atomic mass is 35.5. The summed E-state index contributed by atoms with van der Waals surface area (Å²) in [5.41, 5.74) is 1.90. The molecule has 2 heterocycles. The van der Waals surface area contributed by atoms with Crippen LogP contribution in [0, 0.1) is 11.3 Å². The van der Waals surface area contributed by atoms with Crippen molar-refractivity contribution in [1.29, 1.82) is 5.26 Å². The van der Waals surface area contributed by atoms with Crippen molar-refractivity contribution in [3.05, 3.63) is 40.5 Å². The van der Waals surface area contributed by atoms with Gasteiger partial charge in [-0.05, 0) is 45.7 Å². The number of carbonyl (C=O) groups excluding carboxylic acids is 1. The molecular formula is C20H21ClN4O2. The molecule has 4 rings (SSSR count). The molecule has 1 aromatic heterocycles. The van der Waals surface area contributed by atoms with Crippen molar-refractivity contribution < 1.29 is 9.53 Å². The fraction of sp³-hybridized carbons (Fsp3) is 0.450. The van der Waals surface area contributed by atoms with Gasteiger partial charge in [0.25, 0.3) is 0 Å². The van der Waals surface area contributed by atoms with Crippen molar-refractivity contribution >= 4 is 17.7 Å². The Kier molecular flexibility index (Phi) is 3.97. The Hall–Kier alpha value is -2.52. The highest BCUT2D eigenvalue weighted by molar-refractivity contribution is 6.30. The molecule has 0 saturated heterocycles. The molecule has 27 heavy (non-hydrogen) atoms. The van der Waals surface area contributed by atoms with Gasteiger partial charge in [0.2, 0.25) is 0 Å². The van der Waals surface area contributed by atoms with Gasteiger partial charge in [0.05, 0.1) is 17.8 Å².